The zero-order chi connectivity index (χ0) is 19.0. The van der Waals surface area contributed by atoms with Gasteiger partial charge in [0.1, 0.15) is 12.1 Å². The van der Waals surface area contributed by atoms with E-state index in [9.17, 15) is 24.3 Å². The average molecular weight is 364 g/mol. The molecule has 11 heteroatoms. The molecule has 0 aromatic heterocycles. The predicted molar refractivity (Wildman–Crippen MR) is 88.3 cm³/mol. The van der Waals surface area contributed by atoms with Gasteiger partial charge in [0.25, 0.3) is 0 Å². The van der Waals surface area contributed by atoms with Crippen molar-refractivity contribution in [2.45, 2.75) is 51.0 Å². The molecule has 10 nitrogen and oxygen atoms in total. The summed E-state index contributed by atoms with van der Waals surface area (Å²) in [4.78, 5) is 46.4. The first-order valence-corrected chi connectivity index (χ1v) is 7.82. The van der Waals surface area contributed by atoms with Crippen LogP contribution in [0.5, 0.6) is 0 Å². The Morgan fingerprint density at radius 3 is 1.92 bits per heavy atom. The van der Waals surface area contributed by atoms with E-state index < -0.39 is 54.0 Å². The number of carboxylic acid groups (broad SMARTS) is 1. The van der Waals surface area contributed by atoms with Crippen LogP contribution in [0.4, 0.5) is 0 Å². The number of carboxylic acids is 1. The third kappa shape index (κ3) is 7.15. The quantitative estimate of drug-likeness (QED) is 0.217. The number of aliphatic carboxylic acids is 1. The van der Waals surface area contributed by atoms with E-state index in [-0.39, 0.29) is 5.75 Å². The highest BCUT2D eigenvalue weighted by atomic mass is 32.1. The van der Waals surface area contributed by atoms with Crippen molar-refractivity contribution in [1.29, 1.82) is 0 Å². The maximum absolute atomic E-state index is 12.0. The highest BCUT2D eigenvalue weighted by Gasteiger charge is 2.29. The minimum absolute atomic E-state index is 0.0238. The fourth-order valence-corrected chi connectivity index (χ4v) is 1.80. The summed E-state index contributed by atoms with van der Waals surface area (Å²) in [5, 5.41) is 25.0. The van der Waals surface area contributed by atoms with Crippen LogP contribution in [0.25, 0.3) is 0 Å². The number of aliphatic hydroxyl groups is 1. The van der Waals surface area contributed by atoms with E-state index in [0.717, 1.165) is 0 Å². The molecule has 0 aliphatic carbocycles. The van der Waals surface area contributed by atoms with Gasteiger partial charge in [-0.1, -0.05) is 0 Å². The molecule has 0 bridgehead atoms. The molecule has 0 aliphatic rings. The fourth-order valence-electron chi connectivity index (χ4n) is 1.54. The molecule has 24 heavy (non-hydrogen) atoms. The third-order valence-electron chi connectivity index (χ3n) is 3.03. The van der Waals surface area contributed by atoms with Crippen LogP contribution in [0, 0.1) is 0 Å². The number of amides is 3. The lowest BCUT2D eigenvalue weighted by atomic mass is 10.1. The van der Waals surface area contributed by atoms with Crippen molar-refractivity contribution < 1.29 is 29.4 Å². The van der Waals surface area contributed by atoms with Crippen LogP contribution in [0.1, 0.15) is 20.8 Å². The predicted octanol–water partition coefficient (Wildman–Crippen LogP) is -2.80. The highest BCUT2D eigenvalue weighted by Crippen LogP contribution is 1.96. The summed E-state index contributed by atoms with van der Waals surface area (Å²) in [6.45, 7) is 3.99. The maximum atomic E-state index is 12.0. The first kappa shape index (κ1) is 22.1. The van der Waals surface area contributed by atoms with Gasteiger partial charge in [0.15, 0.2) is 6.04 Å². The van der Waals surface area contributed by atoms with Crippen LogP contribution < -0.4 is 21.7 Å². The lowest BCUT2D eigenvalue weighted by Gasteiger charge is -2.22. The summed E-state index contributed by atoms with van der Waals surface area (Å²) in [6.07, 6.45) is -1.31. The van der Waals surface area contributed by atoms with E-state index in [2.05, 4.69) is 28.6 Å². The Bertz CT molecular complexity index is 485. The second-order valence-electron chi connectivity index (χ2n) is 5.33. The molecule has 0 aromatic rings. The SMILES string of the molecule is CC(N)C(=O)NC(CS)C(=O)NC(C)C(=O)NC(C(=O)O)C(C)O. The monoisotopic (exact) mass is 364 g/mol. The van der Waals surface area contributed by atoms with Gasteiger partial charge in [0.2, 0.25) is 17.7 Å². The molecule has 0 saturated carbocycles. The smallest absolute Gasteiger partial charge is 0.328 e. The van der Waals surface area contributed by atoms with E-state index in [4.69, 9.17) is 10.8 Å². The molecule has 0 saturated heterocycles. The number of nitrogens with one attached hydrogen (secondary N) is 3. The highest BCUT2D eigenvalue weighted by molar-refractivity contribution is 7.80. The molecule has 3 amide bonds. The van der Waals surface area contributed by atoms with E-state index in [0.29, 0.717) is 0 Å². The molecule has 0 radical (unpaired) electrons. The normalized spacial score (nSPS) is 16.9. The Morgan fingerprint density at radius 1 is 1.00 bits per heavy atom. The van der Waals surface area contributed by atoms with Gasteiger partial charge in [-0.15, -0.1) is 0 Å². The molecular weight excluding hydrogens is 340 g/mol. The van der Waals surface area contributed by atoms with Crippen LogP contribution >= 0.6 is 12.6 Å². The Hall–Kier alpha value is -1.85. The van der Waals surface area contributed by atoms with Crippen LogP contribution in [0.15, 0.2) is 0 Å². The fraction of sp³-hybridized carbons (Fsp3) is 0.692. The summed E-state index contributed by atoms with van der Waals surface area (Å²) >= 11 is 3.95. The molecule has 0 rings (SSSR count). The van der Waals surface area contributed by atoms with Crippen molar-refractivity contribution in [1.82, 2.24) is 16.0 Å². The number of rotatable bonds is 9. The Labute approximate surface area is 144 Å². The van der Waals surface area contributed by atoms with Crippen LogP contribution in [-0.4, -0.2) is 69.9 Å². The van der Waals surface area contributed by atoms with Crippen molar-refractivity contribution in [2.75, 3.05) is 5.75 Å². The zero-order valence-corrected chi connectivity index (χ0v) is 14.5. The number of aliphatic hydroxyl groups excluding tert-OH is 1. The van der Waals surface area contributed by atoms with E-state index >= 15 is 0 Å². The van der Waals surface area contributed by atoms with Gasteiger partial charge >= 0.3 is 5.97 Å². The second-order valence-corrected chi connectivity index (χ2v) is 5.69. The maximum Gasteiger partial charge on any atom is 0.328 e. The van der Waals surface area contributed by atoms with Crippen LogP contribution in [0.3, 0.4) is 0 Å². The summed E-state index contributed by atoms with van der Waals surface area (Å²) in [5.41, 5.74) is 5.39. The standard InChI is InChI=1S/C13H24N4O6S/c1-5(14)10(19)16-8(4-24)12(21)15-6(2)11(20)17-9(7(3)18)13(22)23/h5-9,18,24H,4,14H2,1-3H3,(H,15,21)(H,16,19)(H,17,20)(H,22,23). The molecule has 0 aromatic carbocycles. The van der Waals surface area contributed by atoms with Crippen molar-refractivity contribution in [3.63, 3.8) is 0 Å². The first-order valence-electron chi connectivity index (χ1n) is 7.19. The molecule has 5 atom stereocenters. The minimum Gasteiger partial charge on any atom is -0.480 e. The largest absolute Gasteiger partial charge is 0.480 e. The Morgan fingerprint density at radius 2 is 1.54 bits per heavy atom. The number of nitrogens with two attached hydrogens (primary N) is 1. The molecule has 0 fully saturated rings. The van der Waals surface area contributed by atoms with E-state index in [1.54, 1.807) is 0 Å². The van der Waals surface area contributed by atoms with Crippen LogP contribution in [0.2, 0.25) is 0 Å². The van der Waals surface area contributed by atoms with Gasteiger partial charge in [-0.3, -0.25) is 14.4 Å². The molecule has 0 aliphatic heterocycles. The molecule has 138 valence electrons. The summed E-state index contributed by atoms with van der Waals surface area (Å²) in [5.74, 6) is -3.46. The molecular formula is C13H24N4O6S. The first-order chi connectivity index (χ1) is 11.0. The molecule has 7 N–H and O–H groups in total. The number of hydrogen-bond acceptors (Lipinski definition) is 7. The van der Waals surface area contributed by atoms with Gasteiger partial charge in [-0.2, -0.15) is 12.6 Å². The van der Waals surface area contributed by atoms with E-state index in [1.807, 2.05) is 0 Å². The van der Waals surface area contributed by atoms with Gasteiger partial charge in [-0.05, 0) is 20.8 Å². The van der Waals surface area contributed by atoms with Crippen molar-refractivity contribution >= 4 is 36.3 Å². The van der Waals surface area contributed by atoms with Gasteiger partial charge < -0.3 is 31.9 Å². The number of thiol groups is 1. The molecule has 0 heterocycles. The lowest BCUT2D eigenvalue weighted by Crippen LogP contribution is -2.57. The number of carbonyl (C=O) groups excluding carboxylic acids is 3. The molecule has 0 spiro atoms. The van der Waals surface area contributed by atoms with Gasteiger partial charge in [0.05, 0.1) is 12.1 Å². The zero-order valence-electron chi connectivity index (χ0n) is 13.6. The lowest BCUT2D eigenvalue weighted by molar-refractivity contribution is -0.145. The van der Waals surface area contributed by atoms with Crippen molar-refractivity contribution in [3.05, 3.63) is 0 Å². The molecule has 5 unspecified atom stereocenters. The number of hydrogen-bond donors (Lipinski definition) is 7. The third-order valence-corrected chi connectivity index (χ3v) is 3.39. The van der Waals surface area contributed by atoms with Crippen molar-refractivity contribution in [2.24, 2.45) is 5.73 Å². The second kappa shape index (κ2) is 10.1. The Kier molecular flexibility index (Phi) is 9.33. The van der Waals surface area contributed by atoms with Gasteiger partial charge in [-0.25, -0.2) is 4.79 Å². The topological polar surface area (TPSA) is 171 Å². The Balaban J connectivity index is 4.74. The van der Waals surface area contributed by atoms with E-state index in [1.165, 1.54) is 20.8 Å². The summed E-state index contributed by atoms with van der Waals surface area (Å²) in [6, 6.07) is -4.42. The summed E-state index contributed by atoms with van der Waals surface area (Å²) in [7, 11) is 0. The van der Waals surface area contributed by atoms with Gasteiger partial charge in [0, 0.05) is 5.75 Å². The average Bonchev–Trinajstić information content (AvgIpc) is 2.48. The van der Waals surface area contributed by atoms with Crippen molar-refractivity contribution in [3.8, 4) is 0 Å². The number of carbonyl (C=O) groups is 4. The van der Waals surface area contributed by atoms with Crippen LogP contribution in [-0.2, 0) is 19.2 Å². The minimum atomic E-state index is -1.50. The summed E-state index contributed by atoms with van der Waals surface area (Å²) < 4.78 is 0.